The topological polar surface area (TPSA) is 58.2 Å². The Labute approximate surface area is 119 Å². The van der Waals surface area contributed by atoms with Crippen molar-refractivity contribution in [3.8, 4) is 0 Å². The number of rotatable bonds is 4. The largest absolute Gasteiger partial charge is 0.416 e. The number of benzene rings is 1. The fourth-order valence-electron chi connectivity index (χ4n) is 2.27. The summed E-state index contributed by atoms with van der Waals surface area (Å²) in [5.41, 5.74) is -0.547. The maximum atomic E-state index is 12.8. The van der Waals surface area contributed by atoms with Crippen LogP contribution in [0.3, 0.4) is 0 Å². The maximum Gasteiger partial charge on any atom is 0.416 e. The van der Waals surface area contributed by atoms with Gasteiger partial charge in [-0.25, -0.2) is 0 Å². The van der Waals surface area contributed by atoms with Crippen molar-refractivity contribution in [2.24, 2.45) is 0 Å². The van der Waals surface area contributed by atoms with Gasteiger partial charge in [0.15, 0.2) is 0 Å². The van der Waals surface area contributed by atoms with Crippen molar-refractivity contribution in [2.75, 3.05) is 6.54 Å². The lowest BCUT2D eigenvalue weighted by molar-refractivity contribution is -0.138. The van der Waals surface area contributed by atoms with Crippen molar-refractivity contribution in [1.82, 2.24) is 10.6 Å². The van der Waals surface area contributed by atoms with Crippen LogP contribution in [0.2, 0.25) is 0 Å². The molecular formula is C14H15F3N2O2. The van der Waals surface area contributed by atoms with Gasteiger partial charge in [0.25, 0.3) is 0 Å². The maximum absolute atomic E-state index is 12.8. The van der Waals surface area contributed by atoms with Gasteiger partial charge in [0.05, 0.1) is 5.56 Å². The first-order chi connectivity index (χ1) is 9.88. The molecule has 1 fully saturated rings. The van der Waals surface area contributed by atoms with Crippen LogP contribution in [-0.4, -0.2) is 24.4 Å². The molecule has 1 atom stereocenters. The van der Waals surface area contributed by atoms with E-state index in [0.29, 0.717) is 12.8 Å². The first-order valence-electron chi connectivity index (χ1n) is 6.60. The minimum atomic E-state index is -4.40. The normalized spacial score (nSPS) is 18.4. The summed E-state index contributed by atoms with van der Waals surface area (Å²) >= 11 is 0. The Morgan fingerprint density at radius 2 is 2.05 bits per heavy atom. The molecule has 114 valence electrons. The quantitative estimate of drug-likeness (QED) is 0.888. The van der Waals surface area contributed by atoms with Gasteiger partial charge >= 0.3 is 6.18 Å². The van der Waals surface area contributed by atoms with E-state index in [9.17, 15) is 22.8 Å². The Kier molecular flexibility index (Phi) is 4.50. The second kappa shape index (κ2) is 6.15. The van der Waals surface area contributed by atoms with Gasteiger partial charge in [0.1, 0.15) is 6.04 Å². The molecule has 0 spiro atoms. The van der Waals surface area contributed by atoms with E-state index >= 15 is 0 Å². The summed E-state index contributed by atoms with van der Waals surface area (Å²) in [5, 5.41) is 5.06. The second-order valence-electron chi connectivity index (χ2n) is 4.85. The number of hydrogen-bond donors (Lipinski definition) is 2. The minimum absolute atomic E-state index is 0.0854. The zero-order valence-electron chi connectivity index (χ0n) is 11.2. The molecule has 1 aliphatic heterocycles. The second-order valence-corrected chi connectivity index (χ2v) is 4.85. The van der Waals surface area contributed by atoms with Crippen LogP contribution < -0.4 is 10.6 Å². The minimum Gasteiger partial charge on any atom is -0.354 e. The van der Waals surface area contributed by atoms with Crippen LogP contribution in [0, 0.1) is 0 Å². The number of halogens is 3. The van der Waals surface area contributed by atoms with E-state index in [1.54, 1.807) is 0 Å². The van der Waals surface area contributed by atoms with E-state index in [1.807, 2.05) is 0 Å². The lowest BCUT2D eigenvalue weighted by Gasteiger charge is -2.14. The molecule has 0 saturated carbocycles. The highest BCUT2D eigenvalue weighted by Gasteiger charge is 2.32. The molecule has 0 aromatic heterocycles. The standard InChI is InChI=1S/C14H15F3N2O2/c15-14(16,17)10-4-2-1-3-9(10)7-8-18-13(21)11-5-6-12(20)19-11/h1-4,11H,5-8H2,(H,18,21)(H,19,20)/t11-/m0/s1. The molecule has 0 aliphatic carbocycles. The number of carbonyl (C=O) groups is 2. The predicted octanol–water partition coefficient (Wildman–Crippen LogP) is 1.64. The first-order valence-corrected chi connectivity index (χ1v) is 6.60. The first kappa shape index (κ1) is 15.3. The van der Waals surface area contributed by atoms with Crippen LogP contribution >= 0.6 is 0 Å². The van der Waals surface area contributed by atoms with Gasteiger partial charge in [0, 0.05) is 13.0 Å². The van der Waals surface area contributed by atoms with Gasteiger partial charge in [-0.2, -0.15) is 13.2 Å². The van der Waals surface area contributed by atoms with E-state index in [4.69, 9.17) is 0 Å². The molecule has 2 N–H and O–H groups in total. The molecule has 1 aromatic carbocycles. The van der Waals surface area contributed by atoms with Crippen LogP contribution in [0.5, 0.6) is 0 Å². The predicted molar refractivity (Wildman–Crippen MR) is 69.3 cm³/mol. The van der Waals surface area contributed by atoms with Crippen molar-refractivity contribution >= 4 is 11.8 Å². The summed E-state index contributed by atoms with van der Waals surface area (Å²) in [6, 6.07) is 4.71. The highest BCUT2D eigenvalue weighted by molar-refractivity contribution is 5.90. The van der Waals surface area contributed by atoms with Crippen molar-refractivity contribution in [2.45, 2.75) is 31.5 Å². The van der Waals surface area contributed by atoms with Crippen molar-refractivity contribution in [3.05, 3.63) is 35.4 Å². The molecule has 1 aromatic rings. The lowest BCUT2D eigenvalue weighted by atomic mass is 10.0. The molecule has 2 amide bonds. The third-order valence-electron chi connectivity index (χ3n) is 3.33. The number of amides is 2. The van der Waals surface area contributed by atoms with E-state index in [1.165, 1.54) is 18.2 Å². The molecule has 21 heavy (non-hydrogen) atoms. The van der Waals surface area contributed by atoms with E-state index in [0.717, 1.165) is 6.07 Å². The van der Waals surface area contributed by atoms with Crippen molar-refractivity contribution < 1.29 is 22.8 Å². The Bertz CT molecular complexity index is 543. The summed E-state index contributed by atoms with van der Waals surface area (Å²) in [5.74, 6) is -0.539. The summed E-state index contributed by atoms with van der Waals surface area (Å²) in [7, 11) is 0. The highest BCUT2D eigenvalue weighted by Crippen LogP contribution is 2.31. The van der Waals surface area contributed by atoms with Gasteiger partial charge in [0.2, 0.25) is 11.8 Å². The van der Waals surface area contributed by atoms with E-state index in [2.05, 4.69) is 10.6 Å². The summed E-state index contributed by atoms with van der Waals surface area (Å²) in [4.78, 5) is 22.7. The van der Waals surface area contributed by atoms with Crippen LogP contribution in [0.25, 0.3) is 0 Å². The molecule has 0 unspecified atom stereocenters. The van der Waals surface area contributed by atoms with Crippen LogP contribution in [0.1, 0.15) is 24.0 Å². The summed E-state index contributed by atoms with van der Waals surface area (Å²) < 4.78 is 38.4. The van der Waals surface area contributed by atoms with Crippen LogP contribution in [0.15, 0.2) is 24.3 Å². The molecule has 7 heteroatoms. The third kappa shape index (κ3) is 3.96. The SMILES string of the molecule is O=C1CC[C@@H](C(=O)NCCc2ccccc2C(F)(F)F)N1. The zero-order chi connectivity index (χ0) is 15.5. The van der Waals surface area contributed by atoms with Crippen LogP contribution in [0.4, 0.5) is 13.2 Å². The lowest BCUT2D eigenvalue weighted by Crippen LogP contribution is -2.42. The monoisotopic (exact) mass is 300 g/mol. The van der Waals surface area contributed by atoms with E-state index < -0.39 is 17.8 Å². The Morgan fingerprint density at radius 1 is 1.33 bits per heavy atom. The average molecular weight is 300 g/mol. The fraction of sp³-hybridized carbons (Fsp3) is 0.429. The van der Waals surface area contributed by atoms with Gasteiger partial charge < -0.3 is 10.6 Å². The number of alkyl halides is 3. The fourth-order valence-corrected chi connectivity index (χ4v) is 2.27. The smallest absolute Gasteiger partial charge is 0.354 e. The van der Waals surface area contributed by atoms with Crippen molar-refractivity contribution in [3.63, 3.8) is 0 Å². The van der Waals surface area contributed by atoms with Gasteiger partial charge in [-0.05, 0) is 24.5 Å². The highest BCUT2D eigenvalue weighted by atomic mass is 19.4. The Morgan fingerprint density at radius 3 is 2.67 bits per heavy atom. The molecule has 1 aliphatic rings. The Hall–Kier alpha value is -2.05. The van der Waals surface area contributed by atoms with E-state index in [-0.39, 0.29) is 30.3 Å². The molecule has 2 rings (SSSR count). The number of hydrogen-bond acceptors (Lipinski definition) is 2. The zero-order valence-corrected chi connectivity index (χ0v) is 11.2. The molecule has 4 nitrogen and oxygen atoms in total. The Balaban J connectivity index is 1.89. The molecule has 1 heterocycles. The molecule has 1 saturated heterocycles. The summed E-state index contributed by atoms with van der Waals surface area (Å²) in [6.45, 7) is 0.0955. The molecular weight excluding hydrogens is 285 g/mol. The van der Waals surface area contributed by atoms with Gasteiger partial charge in [-0.3, -0.25) is 9.59 Å². The molecule has 0 bridgehead atoms. The number of carbonyl (C=O) groups excluding carboxylic acids is 2. The number of nitrogens with one attached hydrogen (secondary N) is 2. The molecule has 0 radical (unpaired) electrons. The van der Waals surface area contributed by atoms with Gasteiger partial charge in [-0.1, -0.05) is 18.2 Å². The van der Waals surface area contributed by atoms with Crippen LogP contribution in [-0.2, 0) is 22.2 Å². The van der Waals surface area contributed by atoms with Gasteiger partial charge in [-0.15, -0.1) is 0 Å². The van der Waals surface area contributed by atoms with Crippen molar-refractivity contribution in [1.29, 1.82) is 0 Å². The average Bonchev–Trinajstić information content (AvgIpc) is 2.85. The third-order valence-corrected chi connectivity index (χ3v) is 3.33. The summed E-state index contributed by atoms with van der Waals surface area (Å²) in [6.07, 6.45) is -3.60.